The molecule has 0 saturated carbocycles. The molecule has 0 spiro atoms. The molecule has 2 aliphatic heterocycles. The number of likely N-dealkylation sites (tertiary alicyclic amines) is 1. The van der Waals surface area contributed by atoms with Gasteiger partial charge in [0.05, 0.1) is 13.2 Å². The molecule has 126 valence electrons. The van der Waals surface area contributed by atoms with Crippen LogP contribution < -0.4 is 5.32 Å². The molecule has 0 aliphatic carbocycles. The van der Waals surface area contributed by atoms with Gasteiger partial charge in [-0.15, -0.1) is 0 Å². The standard InChI is InChI=1S/C16H21ClFN3O2/c17-13-2-1-12(15(18)9-13)10-19-16(22)21-4-3-14(11-21)20-5-7-23-8-6-20/h1-2,9,14H,3-8,10-11H2,(H,19,22). The van der Waals surface area contributed by atoms with Crippen molar-refractivity contribution in [3.05, 3.63) is 34.6 Å². The monoisotopic (exact) mass is 341 g/mol. The van der Waals surface area contributed by atoms with E-state index in [-0.39, 0.29) is 12.6 Å². The highest BCUT2D eigenvalue weighted by Crippen LogP contribution is 2.18. The Balaban J connectivity index is 1.49. The molecule has 1 aromatic carbocycles. The van der Waals surface area contributed by atoms with Crippen molar-refractivity contribution in [2.75, 3.05) is 39.4 Å². The number of nitrogens with one attached hydrogen (secondary N) is 1. The Morgan fingerprint density at radius 2 is 2.13 bits per heavy atom. The summed E-state index contributed by atoms with van der Waals surface area (Å²) >= 11 is 5.72. The van der Waals surface area contributed by atoms with Gasteiger partial charge in [-0.2, -0.15) is 0 Å². The van der Waals surface area contributed by atoms with Crippen molar-refractivity contribution in [3.63, 3.8) is 0 Å². The zero-order valence-corrected chi connectivity index (χ0v) is 13.7. The van der Waals surface area contributed by atoms with E-state index in [1.165, 1.54) is 6.07 Å². The van der Waals surface area contributed by atoms with Gasteiger partial charge in [0.1, 0.15) is 5.82 Å². The van der Waals surface area contributed by atoms with Crippen molar-refractivity contribution in [3.8, 4) is 0 Å². The summed E-state index contributed by atoms with van der Waals surface area (Å²) in [5, 5.41) is 3.14. The number of carbonyl (C=O) groups excluding carboxylic acids is 1. The highest BCUT2D eigenvalue weighted by Gasteiger charge is 2.31. The lowest BCUT2D eigenvalue weighted by Gasteiger charge is -2.32. The van der Waals surface area contributed by atoms with Crippen molar-refractivity contribution in [2.24, 2.45) is 0 Å². The lowest BCUT2D eigenvalue weighted by molar-refractivity contribution is 0.0191. The molecule has 2 aliphatic rings. The van der Waals surface area contributed by atoms with Crippen LogP contribution in [-0.2, 0) is 11.3 Å². The van der Waals surface area contributed by atoms with Gasteiger partial charge in [-0.05, 0) is 18.6 Å². The van der Waals surface area contributed by atoms with E-state index >= 15 is 0 Å². The third-order valence-electron chi connectivity index (χ3n) is 4.46. The zero-order valence-electron chi connectivity index (χ0n) is 12.9. The first-order valence-corrected chi connectivity index (χ1v) is 8.30. The van der Waals surface area contributed by atoms with E-state index in [0.29, 0.717) is 16.6 Å². The first-order valence-electron chi connectivity index (χ1n) is 7.92. The second-order valence-electron chi connectivity index (χ2n) is 5.93. The van der Waals surface area contributed by atoms with E-state index in [1.54, 1.807) is 17.0 Å². The van der Waals surface area contributed by atoms with Gasteiger partial charge < -0.3 is 15.0 Å². The Bertz CT molecular complexity index is 566. The van der Waals surface area contributed by atoms with E-state index in [4.69, 9.17) is 16.3 Å². The van der Waals surface area contributed by atoms with E-state index < -0.39 is 5.82 Å². The summed E-state index contributed by atoms with van der Waals surface area (Å²) in [5.74, 6) is -0.398. The molecule has 5 nitrogen and oxygen atoms in total. The lowest BCUT2D eigenvalue weighted by Crippen LogP contribution is -2.46. The highest BCUT2D eigenvalue weighted by molar-refractivity contribution is 6.30. The lowest BCUT2D eigenvalue weighted by atomic mass is 10.2. The van der Waals surface area contributed by atoms with Gasteiger partial charge >= 0.3 is 6.03 Å². The molecule has 0 bridgehead atoms. The maximum Gasteiger partial charge on any atom is 0.317 e. The fraction of sp³-hybridized carbons (Fsp3) is 0.562. The number of morpholine rings is 1. The van der Waals surface area contributed by atoms with Gasteiger partial charge in [-0.1, -0.05) is 17.7 Å². The van der Waals surface area contributed by atoms with E-state index in [0.717, 1.165) is 45.8 Å². The Morgan fingerprint density at radius 1 is 1.35 bits per heavy atom. The van der Waals surface area contributed by atoms with E-state index in [2.05, 4.69) is 10.2 Å². The number of rotatable bonds is 3. The molecule has 2 heterocycles. The van der Waals surface area contributed by atoms with Crippen molar-refractivity contribution in [2.45, 2.75) is 19.0 Å². The first-order chi connectivity index (χ1) is 11.1. The molecule has 1 N–H and O–H groups in total. The van der Waals surface area contributed by atoms with Crippen LogP contribution in [0.1, 0.15) is 12.0 Å². The van der Waals surface area contributed by atoms with Gasteiger partial charge in [0.2, 0.25) is 0 Å². The van der Waals surface area contributed by atoms with Gasteiger partial charge in [0, 0.05) is 49.4 Å². The Kier molecular flexibility index (Phi) is 5.35. The number of nitrogens with zero attached hydrogens (tertiary/aromatic N) is 2. The molecule has 0 radical (unpaired) electrons. The predicted octanol–water partition coefficient (Wildman–Crippen LogP) is 2.10. The minimum absolute atomic E-state index is 0.143. The molecule has 2 amide bonds. The third kappa shape index (κ3) is 4.13. The summed E-state index contributed by atoms with van der Waals surface area (Å²) < 4.78 is 19.1. The number of benzene rings is 1. The molecule has 1 aromatic rings. The molecule has 1 unspecified atom stereocenters. The summed E-state index contributed by atoms with van der Waals surface area (Å²) in [4.78, 5) is 16.4. The molecule has 2 fully saturated rings. The normalized spacial score (nSPS) is 22.3. The second-order valence-corrected chi connectivity index (χ2v) is 6.37. The number of hydrogen-bond donors (Lipinski definition) is 1. The maximum absolute atomic E-state index is 13.7. The predicted molar refractivity (Wildman–Crippen MR) is 86.0 cm³/mol. The third-order valence-corrected chi connectivity index (χ3v) is 4.69. The number of urea groups is 1. The average Bonchev–Trinajstić information content (AvgIpc) is 3.05. The quantitative estimate of drug-likeness (QED) is 0.915. The minimum Gasteiger partial charge on any atom is -0.379 e. The van der Waals surface area contributed by atoms with Gasteiger partial charge in [0.25, 0.3) is 0 Å². The summed E-state index contributed by atoms with van der Waals surface area (Å²) in [6.45, 7) is 5.00. The highest BCUT2D eigenvalue weighted by atomic mass is 35.5. The molecule has 23 heavy (non-hydrogen) atoms. The minimum atomic E-state index is -0.398. The Labute approximate surface area is 140 Å². The average molecular weight is 342 g/mol. The molecule has 2 saturated heterocycles. The zero-order chi connectivity index (χ0) is 16.2. The fourth-order valence-corrected chi connectivity index (χ4v) is 3.27. The molecule has 0 aromatic heterocycles. The van der Waals surface area contributed by atoms with Crippen LogP contribution >= 0.6 is 11.6 Å². The number of carbonyl (C=O) groups is 1. The van der Waals surface area contributed by atoms with Crippen molar-refractivity contribution in [1.29, 1.82) is 0 Å². The molecule has 3 rings (SSSR count). The summed E-state index contributed by atoms with van der Waals surface area (Å²) in [7, 11) is 0. The van der Waals surface area contributed by atoms with E-state index in [9.17, 15) is 9.18 Å². The van der Waals surface area contributed by atoms with Gasteiger partial charge in [-0.25, -0.2) is 9.18 Å². The second kappa shape index (κ2) is 7.47. The molecular formula is C16H21ClFN3O2. The smallest absolute Gasteiger partial charge is 0.317 e. The van der Waals surface area contributed by atoms with Crippen molar-refractivity contribution in [1.82, 2.24) is 15.1 Å². The van der Waals surface area contributed by atoms with Crippen LogP contribution in [0.25, 0.3) is 0 Å². The summed E-state index contributed by atoms with van der Waals surface area (Å²) in [6, 6.07) is 4.73. The molecule has 1 atom stereocenters. The Hall–Kier alpha value is -1.37. The van der Waals surface area contributed by atoms with Crippen molar-refractivity contribution >= 4 is 17.6 Å². The number of hydrogen-bond acceptors (Lipinski definition) is 3. The maximum atomic E-state index is 13.7. The van der Waals surface area contributed by atoms with Crippen LogP contribution in [0, 0.1) is 5.82 Å². The van der Waals surface area contributed by atoms with Crippen LogP contribution in [0.4, 0.5) is 9.18 Å². The number of ether oxygens (including phenoxy) is 1. The molecular weight excluding hydrogens is 321 g/mol. The molecule has 7 heteroatoms. The SMILES string of the molecule is O=C(NCc1ccc(Cl)cc1F)N1CCC(N2CCOCC2)C1. The summed E-state index contributed by atoms with van der Waals surface area (Å²) in [5.41, 5.74) is 0.437. The Morgan fingerprint density at radius 3 is 2.87 bits per heavy atom. The van der Waals surface area contributed by atoms with Gasteiger partial charge in [0.15, 0.2) is 0 Å². The topological polar surface area (TPSA) is 44.8 Å². The van der Waals surface area contributed by atoms with Crippen LogP contribution in [-0.4, -0.2) is 61.3 Å². The van der Waals surface area contributed by atoms with E-state index in [1.807, 2.05) is 0 Å². The van der Waals surface area contributed by atoms with Crippen LogP contribution in [0.2, 0.25) is 5.02 Å². The van der Waals surface area contributed by atoms with Crippen LogP contribution in [0.3, 0.4) is 0 Å². The number of amides is 2. The largest absolute Gasteiger partial charge is 0.379 e. The fourth-order valence-electron chi connectivity index (χ4n) is 3.11. The van der Waals surface area contributed by atoms with Gasteiger partial charge in [-0.3, -0.25) is 4.90 Å². The van der Waals surface area contributed by atoms with Crippen LogP contribution in [0.5, 0.6) is 0 Å². The first kappa shape index (κ1) is 16.5. The number of halogens is 2. The van der Waals surface area contributed by atoms with Crippen molar-refractivity contribution < 1.29 is 13.9 Å². The van der Waals surface area contributed by atoms with Crippen LogP contribution in [0.15, 0.2) is 18.2 Å². The summed E-state index contributed by atoms with van der Waals surface area (Å²) in [6.07, 6.45) is 0.975.